The Bertz CT molecular complexity index is 1120. The number of carbonyl (C=O) groups excluding carboxylic acids is 3. The molecule has 2 aromatic heterocycles. The molecule has 1 aliphatic rings. The van der Waals surface area contributed by atoms with Gasteiger partial charge in [0.2, 0.25) is 5.91 Å². The number of benzene rings is 1. The molecule has 9 nitrogen and oxygen atoms in total. The van der Waals surface area contributed by atoms with Crippen LogP contribution in [0.2, 0.25) is 0 Å². The van der Waals surface area contributed by atoms with Gasteiger partial charge in [0.1, 0.15) is 17.5 Å². The number of carbonyl (C=O) groups is 3. The fourth-order valence-corrected chi connectivity index (χ4v) is 3.98. The van der Waals surface area contributed by atoms with Crippen molar-refractivity contribution < 1.29 is 19.1 Å². The molecule has 1 atom stereocenters. The first-order valence-electron chi connectivity index (χ1n) is 9.95. The van der Waals surface area contributed by atoms with E-state index in [0.717, 1.165) is 16.2 Å². The minimum atomic E-state index is -0.730. The number of hydrogen-bond donors (Lipinski definition) is 2. The summed E-state index contributed by atoms with van der Waals surface area (Å²) >= 11 is 1.30. The Morgan fingerprint density at radius 2 is 2.00 bits per heavy atom. The molecule has 1 fully saturated rings. The zero-order valence-corrected chi connectivity index (χ0v) is 18.1. The molecule has 4 rings (SSSR count). The van der Waals surface area contributed by atoms with Crippen molar-refractivity contribution >= 4 is 34.3 Å². The van der Waals surface area contributed by atoms with Crippen molar-refractivity contribution in [2.24, 2.45) is 0 Å². The van der Waals surface area contributed by atoms with Crippen LogP contribution in [-0.2, 0) is 16.1 Å². The lowest BCUT2D eigenvalue weighted by molar-refractivity contribution is -0.128. The number of nitrogens with one attached hydrogen (secondary N) is 2. The monoisotopic (exact) mass is 451 g/mol. The van der Waals surface area contributed by atoms with E-state index in [4.69, 9.17) is 4.74 Å². The molecule has 0 aliphatic carbocycles. The number of aromatic nitrogens is 2. The van der Waals surface area contributed by atoms with E-state index in [-0.39, 0.29) is 31.2 Å². The summed E-state index contributed by atoms with van der Waals surface area (Å²) in [4.78, 5) is 47.0. The molecular formula is C22H21N5O4S. The van der Waals surface area contributed by atoms with Crippen molar-refractivity contribution in [2.75, 3.05) is 12.4 Å². The molecular weight excluding hydrogens is 430 g/mol. The van der Waals surface area contributed by atoms with Crippen LogP contribution in [0.5, 0.6) is 5.75 Å². The second-order valence-corrected chi connectivity index (χ2v) is 7.97. The Labute approximate surface area is 188 Å². The number of rotatable bonds is 8. The topological polar surface area (TPSA) is 114 Å². The molecule has 3 aromatic rings. The number of ether oxygens (including phenoxy) is 1. The summed E-state index contributed by atoms with van der Waals surface area (Å²) in [5, 5.41) is 7.66. The minimum Gasteiger partial charge on any atom is -0.497 e. The first-order chi connectivity index (χ1) is 15.5. The number of amides is 4. The zero-order chi connectivity index (χ0) is 22.5. The third-order valence-electron chi connectivity index (χ3n) is 4.94. The Hall–Kier alpha value is -3.79. The second kappa shape index (κ2) is 9.56. The SMILES string of the molecule is COc1ccc(CN2C(=O)NC(CCC(=O)Nc3nc(-c4ccccn4)cs3)C2=O)cc1. The van der Waals surface area contributed by atoms with Crippen LogP contribution in [0.4, 0.5) is 9.93 Å². The van der Waals surface area contributed by atoms with Crippen molar-refractivity contribution in [1.82, 2.24) is 20.2 Å². The van der Waals surface area contributed by atoms with Crippen molar-refractivity contribution in [2.45, 2.75) is 25.4 Å². The van der Waals surface area contributed by atoms with Gasteiger partial charge >= 0.3 is 6.03 Å². The van der Waals surface area contributed by atoms with Gasteiger partial charge in [-0.3, -0.25) is 19.5 Å². The Morgan fingerprint density at radius 3 is 2.72 bits per heavy atom. The molecule has 1 aromatic carbocycles. The molecule has 1 aliphatic heterocycles. The highest BCUT2D eigenvalue weighted by Crippen LogP contribution is 2.23. The van der Waals surface area contributed by atoms with Crippen molar-refractivity contribution in [3.05, 3.63) is 59.6 Å². The number of pyridine rings is 1. The maximum Gasteiger partial charge on any atom is 0.325 e. The van der Waals surface area contributed by atoms with Gasteiger partial charge in [-0.25, -0.2) is 9.78 Å². The molecule has 0 bridgehead atoms. The van der Waals surface area contributed by atoms with Crippen LogP contribution in [0.3, 0.4) is 0 Å². The van der Waals surface area contributed by atoms with E-state index in [1.165, 1.54) is 11.3 Å². The predicted molar refractivity (Wildman–Crippen MR) is 119 cm³/mol. The number of imide groups is 1. The van der Waals surface area contributed by atoms with Crippen LogP contribution < -0.4 is 15.4 Å². The standard InChI is InChI=1S/C22H21N5O4S/c1-31-15-7-5-14(6-8-15)12-27-20(29)17(25-22(27)30)9-10-19(28)26-21-24-18(13-32-21)16-4-2-3-11-23-16/h2-8,11,13,17H,9-10,12H2,1H3,(H,25,30)(H,24,26,28). The van der Waals surface area contributed by atoms with Crippen LogP contribution in [-0.4, -0.2) is 45.9 Å². The molecule has 4 amide bonds. The van der Waals surface area contributed by atoms with Crippen LogP contribution in [0, 0.1) is 0 Å². The first kappa shape index (κ1) is 21.4. The van der Waals surface area contributed by atoms with E-state index in [0.29, 0.717) is 16.6 Å². The maximum atomic E-state index is 12.6. The number of hydrogen-bond acceptors (Lipinski definition) is 7. The fourth-order valence-electron chi connectivity index (χ4n) is 3.26. The molecule has 0 saturated carbocycles. The van der Waals surface area contributed by atoms with Gasteiger partial charge < -0.3 is 15.4 Å². The molecule has 1 saturated heterocycles. The van der Waals surface area contributed by atoms with Gasteiger partial charge in [-0.15, -0.1) is 11.3 Å². The van der Waals surface area contributed by atoms with Crippen LogP contribution in [0.15, 0.2) is 54.0 Å². The van der Waals surface area contributed by atoms with Crippen LogP contribution in [0.1, 0.15) is 18.4 Å². The number of urea groups is 1. The van der Waals surface area contributed by atoms with E-state index in [1.54, 1.807) is 37.6 Å². The predicted octanol–water partition coefficient (Wildman–Crippen LogP) is 3.05. The van der Waals surface area contributed by atoms with Gasteiger partial charge in [0, 0.05) is 18.0 Å². The summed E-state index contributed by atoms with van der Waals surface area (Å²) in [5.41, 5.74) is 2.21. The zero-order valence-electron chi connectivity index (χ0n) is 17.3. The van der Waals surface area contributed by atoms with Crippen molar-refractivity contribution in [1.29, 1.82) is 0 Å². The average Bonchev–Trinajstić information content (AvgIpc) is 3.38. The van der Waals surface area contributed by atoms with Crippen molar-refractivity contribution in [3.8, 4) is 17.1 Å². The largest absolute Gasteiger partial charge is 0.497 e. The average molecular weight is 452 g/mol. The highest BCUT2D eigenvalue weighted by atomic mass is 32.1. The van der Waals surface area contributed by atoms with Gasteiger partial charge in [0.05, 0.1) is 19.3 Å². The van der Waals surface area contributed by atoms with Gasteiger partial charge in [0.25, 0.3) is 5.91 Å². The number of nitrogens with zero attached hydrogens (tertiary/aromatic N) is 3. The Morgan fingerprint density at radius 1 is 1.19 bits per heavy atom. The number of thiazole rings is 1. The quantitative estimate of drug-likeness (QED) is 0.509. The van der Waals surface area contributed by atoms with E-state index >= 15 is 0 Å². The van der Waals surface area contributed by atoms with Gasteiger partial charge in [-0.2, -0.15) is 0 Å². The summed E-state index contributed by atoms with van der Waals surface area (Å²) in [5.74, 6) is 0.0788. The molecule has 32 heavy (non-hydrogen) atoms. The molecule has 164 valence electrons. The first-order valence-corrected chi connectivity index (χ1v) is 10.8. The lowest BCUT2D eigenvalue weighted by atomic mass is 10.1. The van der Waals surface area contributed by atoms with Crippen LogP contribution >= 0.6 is 11.3 Å². The van der Waals surface area contributed by atoms with Crippen LogP contribution in [0.25, 0.3) is 11.4 Å². The van der Waals surface area contributed by atoms with E-state index in [9.17, 15) is 14.4 Å². The summed E-state index contributed by atoms with van der Waals surface area (Å²) in [6, 6.07) is 11.5. The molecule has 0 radical (unpaired) electrons. The molecule has 0 spiro atoms. The second-order valence-electron chi connectivity index (χ2n) is 7.11. The van der Waals surface area contributed by atoms with E-state index in [2.05, 4.69) is 20.6 Å². The highest BCUT2D eigenvalue weighted by Gasteiger charge is 2.37. The smallest absolute Gasteiger partial charge is 0.325 e. The fraction of sp³-hybridized carbons (Fsp3) is 0.227. The number of anilines is 1. The third-order valence-corrected chi connectivity index (χ3v) is 5.70. The summed E-state index contributed by atoms with van der Waals surface area (Å²) < 4.78 is 5.11. The third kappa shape index (κ3) is 4.92. The molecule has 10 heteroatoms. The van der Waals surface area contributed by atoms with Gasteiger partial charge in [-0.05, 0) is 36.2 Å². The lowest BCUT2D eigenvalue weighted by Gasteiger charge is -2.13. The normalized spacial score (nSPS) is 15.5. The van der Waals surface area contributed by atoms with E-state index in [1.807, 2.05) is 23.6 Å². The summed E-state index contributed by atoms with van der Waals surface area (Å²) in [7, 11) is 1.57. The van der Waals surface area contributed by atoms with Crippen molar-refractivity contribution in [3.63, 3.8) is 0 Å². The maximum absolute atomic E-state index is 12.6. The Balaban J connectivity index is 1.29. The van der Waals surface area contributed by atoms with E-state index < -0.39 is 12.1 Å². The minimum absolute atomic E-state index is 0.0750. The molecule has 1 unspecified atom stereocenters. The van der Waals surface area contributed by atoms with Gasteiger partial charge in [0.15, 0.2) is 5.13 Å². The number of methoxy groups -OCH3 is 1. The molecule has 3 heterocycles. The molecule has 2 N–H and O–H groups in total. The summed E-state index contributed by atoms with van der Waals surface area (Å²) in [6.07, 6.45) is 1.96. The lowest BCUT2D eigenvalue weighted by Crippen LogP contribution is -2.31. The highest BCUT2D eigenvalue weighted by molar-refractivity contribution is 7.14. The van der Waals surface area contributed by atoms with Gasteiger partial charge in [-0.1, -0.05) is 18.2 Å². The summed E-state index contributed by atoms with van der Waals surface area (Å²) in [6.45, 7) is 0.159. The Kier molecular flexibility index (Phi) is 6.41.